The van der Waals surface area contributed by atoms with Gasteiger partial charge in [0.05, 0.1) is 19.8 Å². The second kappa shape index (κ2) is 9.57. The van der Waals surface area contributed by atoms with E-state index in [9.17, 15) is 0 Å². The summed E-state index contributed by atoms with van der Waals surface area (Å²) in [6.07, 6.45) is 0. The quantitative estimate of drug-likeness (QED) is 0.496. The summed E-state index contributed by atoms with van der Waals surface area (Å²) in [5.74, 6) is 1.63. The molecule has 0 fully saturated rings. The molecule has 3 aromatic rings. The van der Waals surface area contributed by atoms with E-state index in [0.717, 1.165) is 22.6 Å². The minimum atomic E-state index is -0.00353. The zero-order chi connectivity index (χ0) is 21.6. The number of benzene rings is 2. The highest BCUT2D eigenvalue weighted by atomic mass is 16.5. The molecule has 158 valence electrons. The third-order valence-electron chi connectivity index (χ3n) is 4.18. The summed E-state index contributed by atoms with van der Waals surface area (Å²) < 4.78 is 16.9. The first-order chi connectivity index (χ1) is 14.4. The Morgan fingerprint density at radius 3 is 1.63 bits per heavy atom. The Bertz CT molecular complexity index is 949. The fourth-order valence-corrected chi connectivity index (χ4v) is 2.80. The summed E-state index contributed by atoms with van der Waals surface area (Å²) in [6.45, 7) is 12.0. The first kappa shape index (κ1) is 21.6. The van der Waals surface area contributed by atoms with Gasteiger partial charge in [-0.2, -0.15) is 4.98 Å². The van der Waals surface area contributed by atoms with Gasteiger partial charge in [0.2, 0.25) is 0 Å². The standard InChI is InChI=1S/C24H29N3O3/c1-6-28-19-12-8-17(9-13-19)21-22(18-10-14-20(15-11-18)29-7-2)26-27-23(25-21)30-16-24(3,4)5/h8-15H,6-7,16H2,1-5H3. The van der Waals surface area contributed by atoms with Gasteiger partial charge in [-0.05, 0) is 67.8 Å². The molecule has 0 N–H and O–H groups in total. The number of hydrogen-bond acceptors (Lipinski definition) is 6. The fraction of sp³-hybridized carbons (Fsp3) is 0.375. The van der Waals surface area contributed by atoms with Crippen LogP contribution in [0.5, 0.6) is 17.5 Å². The molecule has 0 bridgehead atoms. The Morgan fingerprint density at radius 1 is 0.667 bits per heavy atom. The minimum absolute atomic E-state index is 0.00353. The van der Waals surface area contributed by atoms with E-state index in [1.807, 2.05) is 62.4 Å². The smallest absolute Gasteiger partial charge is 0.336 e. The Balaban J connectivity index is 2.00. The Kier molecular flexibility index (Phi) is 6.87. The predicted molar refractivity (Wildman–Crippen MR) is 118 cm³/mol. The zero-order valence-corrected chi connectivity index (χ0v) is 18.3. The molecule has 0 radical (unpaired) electrons. The van der Waals surface area contributed by atoms with Crippen molar-refractivity contribution in [3.63, 3.8) is 0 Å². The van der Waals surface area contributed by atoms with E-state index in [-0.39, 0.29) is 11.4 Å². The van der Waals surface area contributed by atoms with Crippen molar-refractivity contribution < 1.29 is 14.2 Å². The molecule has 0 saturated heterocycles. The summed E-state index contributed by atoms with van der Waals surface area (Å²) in [4.78, 5) is 4.69. The van der Waals surface area contributed by atoms with Crippen LogP contribution in [0.3, 0.4) is 0 Å². The van der Waals surface area contributed by atoms with Crippen LogP contribution in [0.1, 0.15) is 34.6 Å². The lowest BCUT2D eigenvalue weighted by atomic mass is 9.99. The summed E-state index contributed by atoms with van der Waals surface area (Å²) in [7, 11) is 0. The summed E-state index contributed by atoms with van der Waals surface area (Å²) in [5, 5.41) is 8.66. The van der Waals surface area contributed by atoms with Crippen LogP contribution in [0.25, 0.3) is 22.5 Å². The van der Waals surface area contributed by atoms with Crippen molar-refractivity contribution in [2.75, 3.05) is 19.8 Å². The molecule has 30 heavy (non-hydrogen) atoms. The molecule has 0 saturated carbocycles. The first-order valence-corrected chi connectivity index (χ1v) is 10.2. The van der Waals surface area contributed by atoms with Crippen LogP contribution in [0.4, 0.5) is 0 Å². The molecule has 1 heterocycles. The maximum absolute atomic E-state index is 5.81. The molecular weight excluding hydrogens is 378 g/mol. The third-order valence-corrected chi connectivity index (χ3v) is 4.18. The summed E-state index contributed by atoms with van der Waals surface area (Å²) in [6, 6.07) is 15.8. The largest absolute Gasteiger partial charge is 0.494 e. The lowest BCUT2D eigenvalue weighted by molar-refractivity contribution is 0.183. The van der Waals surface area contributed by atoms with Crippen LogP contribution in [-0.2, 0) is 0 Å². The van der Waals surface area contributed by atoms with E-state index in [1.165, 1.54) is 0 Å². The van der Waals surface area contributed by atoms with Crippen molar-refractivity contribution in [2.24, 2.45) is 5.41 Å². The second-order valence-electron chi connectivity index (χ2n) is 8.06. The van der Waals surface area contributed by atoms with E-state index in [4.69, 9.17) is 14.2 Å². The van der Waals surface area contributed by atoms with Gasteiger partial charge in [-0.15, -0.1) is 5.10 Å². The van der Waals surface area contributed by atoms with E-state index in [1.54, 1.807) is 0 Å². The van der Waals surface area contributed by atoms with Crippen LogP contribution in [0.15, 0.2) is 48.5 Å². The Labute approximate surface area is 178 Å². The molecule has 0 spiro atoms. The van der Waals surface area contributed by atoms with Crippen molar-refractivity contribution in [1.29, 1.82) is 0 Å². The molecule has 1 aromatic heterocycles. The van der Waals surface area contributed by atoms with E-state index >= 15 is 0 Å². The lowest BCUT2D eigenvalue weighted by Gasteiger charge is -2.18. The lowest BCUT2D eigenvalue weighted by Crippen LogP contribution is -2.18. The average molecular weight is 408 g/mol. The Hall–Kier alpha value is -3.15. The van der Waals surface area contributed by atoms with Gasteiger partial charge in [-0.1, -0.05) is 25.9 Å². The second-order valence-corrected chi connectivity index (χ2v) is 8.06. The van der Waals surface area contributed by atoms with Crippen molar-refractivity contribution in [3.05, 3.63) is 48.5 Å². The molecule has 0 aliphatic heterocycles. The highest BCUT2D eigenvalue weighted by molar-refractivity contribution is 5.78. The van der Waals surface area contributed by atoms with Crippen LogP contribution >= 0.6 is 0 Å². The van der Waals surface area contributed by atoms with Gasteiger partial charge in [0.15, 0.2) is 0 Å². The summed E-state index contributed by atoms with van der Waals surface area (Å²) >= 11 is 0. The molecule has 6 heteroatoms. The van der Waals surface area contributed by atoms with Crippen LogP contribution in [0.2, 0.25) is 0 Å². The Morgan fingerprint density at radius 2 is 1.17 bits per heavy atom. The number of rotatable bonds is 8. The molecule has 0 aliphatic rings. The monoisotopic (exact) mass is 407 g/mol. The SMILES string of the molecule is CCOc1ccc(-c2nnc(OCC(C)(C)C)nc2-c2ccc(OCC)cc2)cc1. The molecule has 0 unspecified atom stereocenters. The van der Waals surface area contributed by atoms with Gasteiger partial charge in [0.25, 0.3) is 0 Å². The fourth-order valence-electron chi connectivity index (χ4n) is 2.80. The number of ether oxygens (including phenoxy) is 3. The van der Waals surface area contributed by atoms with Gasteiger partial charge in [-0.3, -0.25) is 0 Å². The summed E-state index contributed by atoms with van der Waals surface area (Å²) in [5.41, 5.74) is 3.21. The minimum Gasteiger partial charge on any atom is -0.494 e. The zero-order valence-electron chi connectivity index (χ0n) is 18.3. The van der Waals surface area contributed by atoms with Gasteiger partial charge in [-0.25, -0.2) is 0 Å². The van der Waals surface area contributed by atoms with Gasteiger partial charge in [0, 0.05) is 11.1 Å². The maximum atomic E-state index is 5.81. The number of hydrogen-bond donors (Lipinski definition) is 0. The molecule has 0 amide bonds. The van der Waals surface area contributed by atoms with Crippen LogP contribution < -0.4 is 14.2 Å². The number of nitrogens with zero attached hydrogens (tertiary/aromatic N) is 3. The molecular formula is C24H29N3O3. The first-order valence-electron chi connectivity index (χ1n) is 10.2. The molecule has 0 atom stereocenters. The molecule has 6 nitrogen and oxygen atoms in total. The van der Waals surface area contributed by atoms with Crippen LogP contribution in [-0.4, -0.2) is 35.0 Å². The maximum Gasteiger partial charge on any atom is 0.336 e. The third kappa shape index (κ3) is 5.69. The van der Waals surface area contributed by atoms with E-state index in [0.29, 0.717) is 31.2 Å². The highest BCUT2D eigenvalue weighted by Crippen LogP contribution is 2.31. The van der Waals surface area contributed by atoms with Crippen molar-refractivity contribution >= 4 is 0 Å². The van der Waals surface area contributed by atoms with Gasteiger partial charge < -0.3 is 14.2 Å². The average Bonchev–Trinajstić information content (AvgIpc) is 2.73. The van der Waals surface area contributed by atoms with E-state index in [2.05, 4.69) is 36.0 Å². The molecule has 3 rings (SSSR count). The highest BCUT2D eigenvalue weighted by Gasteiger charge is 2.17. The number of aromatic nitrogens is 3. The van der Waals surface area contributed by atoms with Gasteiger partial charge >= 0.3 is 6.01 Å². The van der Waals surface area contributed by atoms with Crippen molar-refractivity contribution in [3.8, 4) is 40.0 Å². The van der Waals surface area contributed by atoms with Gasteiger partial charge in [0.1, 0.15) is 22.9 Å². The van der Waals surface area contributed by atoms with Crippen LogP contribution in [0, 0.1) is 5.41 Å². The molecule has 0 aliphatic carbocycles. The van der Waals surface area contributed by atoms with E-state index < -0.39 is 0 Å². The van der Waals surface area contributed by atoms with Crippen molar-refractivity contribution in [2.45, 2.75) is 34.6 Å². The predicted octanol–water partition coefficient (Wildman–Crippen LogP) is 5.43. The molecule has 2 aromatic carbocycles. The topological polar surface area (TPSA) is 66.4 Å². The normalized spacial score (nSPS) is 11.2. The van der Waals surface area contributed by atoms with Crippen molar-refractivity contribution in [1.82, 2.24) is 15.2 Å².